The van der Waals surface area contributed by atoms with E-state index in [1.54, 1.807) is 14.2 Å². The molecule has 0 saturated heterocycles. The first-order chi connectivity index (χ1) is 10.2. The number of benzene rings is 2. The minimum atomic E-state index is -0.302. The number of hydrogen-bond donors (Lipinski definition) is 1. The van der Waals surface area contributed by atoms with Crippen molar-refractivity contribution < 1.29 is 14.2 Å². The van der Waals surface area contributed by atoms with E-state index in [0.29, 0.717) is 0 Å². The highest BCUT2D eigenvalue weighted by Gasteiger charge is 2.15. The van der Waals surface area contributed by atoms with E-state index in [1.165, 1.54) is 0 Å². The summed E-state index contributed by atoms with van der Waals surface area (Å²) in [6, 6.07) is 17.5. The van der Waals surface area contributed by atoms with Gasteiger partial charge in [0.2, 0.25) is 0 Å². The predicted molar refractivity (Wildman–Crippen MR) is 83.8 cm³/mol. The molecule has 0 aromatic heterocycles. The van der Waals surface area contributed by atoms with Gasteiger partial charge in [-0.3, -0.25) is 0 Å². The van der Waals surface area contributed by atoms with Crippen LogP contribution in [-0.4, -0.2) is 26.6 Å². The molecule has 2 aromatic rings. The zero-order valence-corrected chi connectivity index (χ0v) is 12.6. The third-order valence-corrected chi connectivity index (χ3v) is 3.08. The summed E-state index contributed by atoms with van der Waals surface area (Å²) in [6.45, 7) is 2.00. The molecule has 0 bridgehead atoms. The molecule has 0 aliphatic carbocycles. The number of para-hydroxylation sites is 1. The van der Waals surface area contributed by atoms with Gasteiger partial charge in [-0.2, -0.15) is 0 Å². The van der Waals surface area contributed by atoms with E-state index in [1.807, 2.05) is 61.5 Å². The van der Waals surface area contributed by atoms with Crippen LogP contribution in [0.4, 0.5) is 5.69 Å². The molecule has 0 radical (unpaired) electrons. The van der Waals surface area contributed by atoms with Gasteiger partial charge in [-0.05, 0) is 31.2 Å². The summed E-state index contributed by atoms with van der Waals surface area (Å²) in [4.78, 5) is 0. The minimum Gasteiger partial charge on any atom is -0.457 e. The molecule has 1 unspecified atom stereocenters. The van der Waals surface area contributed by atoms with Gasteiger partial charge in [-0.1, -0.05) is 24.3 Å². The molecule has 0 spiro atoms. The van der Waals surface area contributed by atoms with Crippen molar-refractivity contribution in [2.45, 2.75) is 19.3 Å². The normalized spacial score (nSPS) is 12.2. The standard InChI is InChI=1S/C17H21NO3/c1-13(17(19-2)20-3)18-14-8-7-11-16(12-14)21-15-9-5-4-6-10-15/h4-13,17-18H,1-3H3. The lowest BCUT2D eigenvalue weighted by Crippen LogP contribution is -2.33. The van der Waals surface area contributed by atoms with Crippen LogP contribution in [0.3, 0.4) is 0 Å². The Bertz CT molecular complexity index is 541. The third kappa shape index (κ3) is 4.48. The number of methoxy groups -OCH3 is 2. The first kappa shape index (κ1) is 15.4. The fourth-order valence-corrected chi connectivity index (χ4v) is 2.11. The summed E-state index contributed by atoms with van der Waals surface area (Å²) >= 11 is 0. The van der Waals surface area contributed by atoms with Crippen molar-refractivity contribution in [1.29, 1.82) is 0 Å². The van der Waals surface area contributed by atoms with Crippen LogP contribution in [0, 0.1) is 0 Å². The highest BCUT2D eigenvalue weighted by molar-refractivity contribution is 5.49. The van der Waals surface area contributed by atoms with Crippen molar-refractivity contribution in [2.75, 3.05) is 19.5 Å². The van der Waals surface area contributed by atoms with Crippen molar-refractivity contribution in [2.24, 2.45) is 0 Å². The molecule has 1 N–H and O–H groups in total. The molecular weight excluding hydrogens is 266 g/mol. The van der Waals surface area contributed by atoms with Crippen LogP contribution >= 0.6 is 0 Å². The van der Waals surface area contributed by atoms with E-state index < -0.39 is 0 Å². The zero-order valence-electron chi connectivity index (χ0n) is 12.6. The molecule has 112 valence electrons. The minimum absolute atomic E-state index is 0.0203. The lowest BCUT2D eigenvalue weighted by Gasteiger charge is -2.23. The van der Waals surface area contributed by atoms with E-state index in [2.05, 4.69) is 5.32 Å². The maximum atomic E-state index is 5.81. The smallest absolute Gasteiger partial charge is 0.176 e. The number of anilines is 1. The average molecular weight is 287 g/mol. The molecule has 0 saturated carbocycles. The summed E-state index contributed by atoms with van der Waals surface area (Å²) in [7, 11) is 3.25. The van der Waals surface area contributed by atoms with E-state index in [9.17, 15) is 0 Å². The van der Waals surface area contributed by atoms with Crippen molar-refractivity contribution in [3.63, 3.8) is 0 Å². The average Bonchev–Trinajstić information content (AvgIpc) is 2.50. The Balaban J connectivity index is 2.04. The summed E-state index contributed by atoms with van der Waals surface area (Å²) in [5.41, 5.74) is 0.954. The molecule has 0 aliphatic rings. The molecule has 0 fully saturated rings. The second kappa shape index (κ2) is 7.67. The lowest BCUT2D eigenvalue weighted by molar-refractivity contribution is -0.109. The maximum Gasteiger partial charge on any atom is 0.176 e. The van der Waals surface area contributed by atoms with Crippen LogP contribution in [0.25, 0.3) is 0 Å². The predicted octanol–water partition coefficient (Wildman–Crippen LogP) is 3.90. The van der Waals surface area contributed by atoms with Crippen LogP contribution < -0.4 is 10.1 Å². The van der Waals surface area contributed by atoms with Crippen LogP contribution in [0.15, 0.2) is 54.6 Å². The molecular formula is C17H21NO3. The quantitative estimate of drug-likeness (QED) is 0.784. The number of ether oxygens (including phenoxy) is 3. The Morgan fingerprint density at radius 1 is 0.857 bits per heavy atom. The third-order valence-electron chi connectivity index (χ3n) is 3.08. The number of hydrogen-bond acceptors (Lipinski definition) is 4. The highest BCUT2D eigenvalue weighted by Crippen LogP contribution is 2.24. The molecule has 4 heteroatoms. The van der Waals surface area contributed by atoms with Gasteiger partial charge >= 0.3 is 0 Å². The van der Waals surface area contributed by atoms with E-state index in [0.717, 1.165) is 17.2 Å². The summed E-state index contributed by atoms with van der Waals surface area (Å²) in [5.74, 6) is 1.60. The Morgan fingerprint density at radius 3 is 2.19 bits per heavy atom. The number of nitrogens with one attached hydrogen (secondary N) is 1. The van der Waals surface area contributed by atoms with Gasteiger partial charge < -0.3 is 19.5 Å². The molecule has 2 aromatic carbocycles. The fraction of sp³-hybridized carbons (Fsp3) is 0.294. The van der Waals surface area contributed by atoms with Gasteiger partial charge in [0.25, 0.3) is 0 Å². The monoisotopic (exact) mass is 287 g/mol. The van der Waals surface area contributed by atoms with Crippen LogP contribution in [0.5, 0.6) is 11.5 Å². The topological polar surface area (TPSA) is 39.7 Å². The Labute approximate surface area is 125 Å². The molecule has 1 atom stereocenters. The lowest BCUT2D eigenvalue weighted by atomic mass is 10.2. The van der Waals surface area contributed by atoms with Gasteiger partial charge in [-0.25, -0.2) is 0 Å². The van der Waals surface area contributed by atoms with Gasteiger partial charge in [-0.15, -0.1) is 0 Å². The fourth-order valence-electron chi connectivity index (χ4n) is 2.11. The van der Waals surface area contributed by atoms with Crippen molar-refractivity contribution in [1.82, 2.24) is 0 Å². The zero-order chi connectivity index (χ0) is 15.1. The summed E-state index contributed by atoms with van der Waals surface area (Å²) < 4.78 is 16.3. The van der Waals surface area contributed by atoms with Crippen molar-refractivity contribution >= 4 is 5.69 Å². The second-order valence-electron chi connectivity index (χ2n) is 4.72. The summed E-state index contributed by atoms with van der Waals surface area (Å²) in [5, 5.41) is 3.34. The van der Waals surface area contributed by atoms with Crippen LogP contribution in [0.1, 0.15) is 6.92 Å². The Morgan fingerprint density at radius 2 is 1.52 bits per heavy atom. The molecule has 4 nitrogen and oxygen atoms in total. The molecule has 0 heterocycles. The first-order valence-corrected chi connectivity index (χ1v) is 6.88. The van der Waals surface area contributed by atoms with Gasteiger partial charge in [0.05, 0.1) is 6.04 Å². The maximum absolute atomic E-state index is 5.81. The van der Waals surface area contributed by atoms with E-state index in [-0.39, 0.29) is 12.3 Å². The van der Waals surface area contributed by atoms with Crippen LogP contribution in [0.2, 0.25) is 0 Å². The van der Waals surface area contributed by atoms with Gasteiger partial charge in [0, 0.05) is 26.0 Å². The summed E-state index contributed by atoms with van der Waals surface area (Å²) in [6.07, 6.45) is -0.302. The van der Waals surface area contributed by atoms with Gasteiger partial charge in [0.1, 0.15) is 11.5 Å². The largest absolute Gasteiger partial charge is 0.457 e. The van der Waals surface area contributed by atoms with Crippen molar-refractivity contribution in [3.05, 3.63) is 54.6 Å². The molecule has 21 heavy (non-hydrogen) atoms. The first-order valence-electron chi connectivity index (χ1n) is 6.88. The van der Waals surface area contributed by atoms with Gasteiger partial charge in [0.15, 0.2) is 6.29 Å². The Hall–Kier alpha value is -2.04. The second-order valence-corrected chi connectivity index (χ2v) is 4.72. The SMILES string of the molecule is COC(OC)C(C)Nc1cccc(Oc2ccccc2)c1. The highest BCUT2D eigenvalue weighted by atomic mass is 16.7. The Kier molecular flexibility index (Phi) is 5.60. The molecule has 2 rings (SSSR count). The molecule has 0 aliphatic heterocycles. The van der Waals surface area contributed by atoms with Crippen molar-refractivity contribution in [3.8, 4) is 11.5 Å². The van der Waals surface area contributed by atoms with E-state index >= 15 is 0 Å². The van der Waals surface area contributed by atoms with Crippen LogP contribution in [-0.2, 0) is 9.47 Å². The molecule has 0 amide bonds. The van der Waals surface area contributed by atoms with E-state index in [4.69, 9.17) is 14.2 Å². The number of rotatable bonds is 7.